The van der Waals surface area contributed by atoms with Crippen molar-refractivity contribution in [2.75, 3.05) is 19.6 Å². The van der Waals surface area contributed by atoms with Crippen LogP contribution in [-0.4, -0.2) is 30.1 Å². The molecule has 2 heterocycles. The third kappa shape index (κ3) is 2.43. The third-order valence-corrected chi connectivity index (χ3v) is 4.74. The highest BCUT2D eigenvalue weighted by Gasteiger charge is 2.33. The van der Waals surface area contributed by atoms with Gasteiger partial charge >= 0.3 is 0 Å². The van der Waals surface area contributed by atoms with Gasteiger partial charge in [0.15, 0.2) is 0 Å². The molecule has 0 bridgehead atoms. The van der Waals surface area contributed by atoms with Gasteiger partial charge in [0.1, 0.15) is 0 Å². The fraction of sp³-hybridized carbons (Fsp3) is 0.667. The Hall–Kier alpha value is -0.0900. The molecule has 16 heavy (non-hydrogen) atoms. The summed E-state index contributed by atoms with van der Waals surface area (Å²) < 4.78 is 0.884. The minimum Gasteiger partial charge on any atom is -0.314 e. The highest BCUT2D eigenvalue weighted by Crippen LogP contribution is 2.34. The minimum absolute atomic E-state index is 0.216. The molecule has 0 aromatic carbocycles. The molecule has 1 aromatic rings. The fourth-order valence-corrected chi connectivity index (χ4v) is 3.55. The van der Waals surface area contributed by atoms with Crippen molar-refractivity contribution < 1.29 is 0 Å². The predicted octanol–water partition coefficient (Wildman–Crippen LogP) is 3.15. The summed E-state index contributed by atoms with van der Waals surface area (Å²) in [6, 6.07) is 4.60. The van der Waals surface area contributed by atoms with E-state index in [1.807, 2.05) is 6.07 Å². The molecule has 0 radical (unpaired) electrons. The minimum atomic E-state index is 0.216. The van der Waals surface area contributed by atoms with E-state index in [1.165, 1.54) is 4.88 Å². The van der Waals surface area contributed by atoms with Crippen molar-refractivity contribution in [3.05, 3.63) is 21.3 Å². The second kappa shape index (κ2) is 4.65. The molecule has 0 saturated carbocycles. The van der Waals surface area contributed by atoms with Crippen molar-refractivity contribution in [2.24, 2.45) is 0 Å². The normalized spacial score (nSPS) is 23.2. The first-order valence-electron chi connectivity index (χ1n) is 5.73. The first-order chi connectivity index (χ1) is 7.50. The van der Waals surface area contributed by atoms with Gasteiger partial charge in [0.05, 0.1) is 4.34 Å². The maximum Gasteiger partial charge on any atom is 0.0931 e. The number of piperazine rings is 1. The molecule has 1 fully saturated rings. The molecule has 2 nitrogen and oxygen atoms in total. The Bertz CT molecular complexity index is 362. The van der Waals surface area contributed by atoms with Crippen molar-refractivity contribution >= 4 is 22.9 Å². The SMILES string of the molecule is CC(c1ccc(Cl)s1)N1CCNCC1(C)C. The monoisotopic (exact) mass is 258 g/mol. The standard InChI is InChI=1S/C12H19ClN2S/c1-9(10-4-5-11(13)16-10)15-7-6-14-8-12(15,2)3/h4-5,9,14H,6-8H2,1-3H3. The molecule has 1 aliphatic rings. The summed E-state index contributed by atoms with van der Waals surface area (Å²) >= 11 is 7.70. The van der Waals surface area contributed by atoms with Gasteiger partial charge in [-0.3, -0.25) is 4.90 Å². The Labute approximate surface area is 107 Å². The van der Waals surface area contributed by atoms with Crippen LogP contribution in [0.3, 0.4) is 0 Å². The Kier molecular flexibility index (Phi) is 3.59. The number of hydrogen-bond acceptors (Lipinski definition) is 3. The van der Waals surface area contributed by atoms with E-state index in [0.29, 0.717) is 6.04 Å². The summed E-state index contributed by atoms with van der Waals surface area (Å²) in [5.41, 5.74) is 0.216. The summed E-state index contributed by atoms with van der Waals surface area (Å²) in [5, 5.41) is 3.45. The van der Waals surface area contributed by atoms with Crippen LogP contribution >= 0.6 is 22.9 Å². The maximum absolute atomic E-state index is 6.00. The Balaban J connectivity index is 2.17. The summed E-state index contributed by atoms with van der Waals surface area (Å²) in [7, 11) is 0. The van der Waals surface area contributed by atoms with E-state index in [-0.39, 0.29) is 5.54 Å². The summed E-state index contributed by atoms with van der Waals surface area (Å²) in [6.45, 7) is 10.1. The molecule has 1 unspecified atom stereocenters. The molecule has 1 saturated heterocycles. The van der Waals surface area contributed by atoms with Gasteiger partial charge in [-0.15, -0.1) is 11.3 Å². The van der Waals surface area contributed by atoms with Gasteiger partial charge in [0, 0.05) is 36.1 Å². The van der Waals surface area contributed by atoms with Crippen LogP contribution < -0.4 is 5.32 Å². The van der Waals surface area contributed by atoms with Crippen molar-refractivity contribution in [3.8, 4) is 0 Å². The first-order valence-corrected chi connectivity index (χ1v) is 6.93. The van der Waals surface area contributed by atoms with Crippen LogP contribution in [0.25, 0.3) is 0 Å². The number of hydrogen-bond donors (Lipinski definition) is 1. The molecular formula is C12H19ClN2S. The molecule has 1 aromatic heterocycles. The zero-order valence-electron chi connectivity index (χ0n) is 10.1. The lowest BCUT2D eigenvalue weighted by Gasteiger charge is -2.46. The van der Waals surface area contributed by atoms with Crippen molar-refractivity contribution in [1.29, 1.82) is 0 Å². The second-order valence-electron chi connectivity index (χ2n) is 5.00. The maximum atomic E-state index is 6.00. The van der Waals surface area contributed by atoms with Crippen molar-refractivity contribution in [1.82, 2.24) is 10.2 Å². The average molecular weight is 259 g/mol. The van der Waals surface area contributed by atoms with E-state index < -0.39 is 0 Å². The molecule has 0 aliphatic carbocycles. The molecule has 1 atom stereocenters. The molecular weight excluding hydrogens is 240 g/mol. The lowest BCUT2D eigenvalue weighted by molar-refractivity contribution is 0.0531. The summed E-state index contributed by atoms with van der Waals surface area (Å²) in [6.07, 6.45) is 0. The average Bonchev–Trinajstić information content (AvgIpc) is 2.63. The van der Waals surface area contributed by atoms with Crippen LogP contribution in [0, 0.1) is 0 Å². The van der Waals surface area contributed by atoms with E-state index in [4.69, 9.17) is 11.6 Å². The summed E-state index contributed by atoms with van der Waals surface area (Å²) in [5.74, 6) is 0. The number of halogens is 1. The zero-order valence-corrected chi connectivity index (χ0v) is 11.7. The molecule has 2 rings (SSSR count). The van der Waals surface area contributed by atoms with Gasteiger partial charge in [-0.2, -0.15) is 0 Å². The van der Waals surface area contributed by atoms with Crippen LogP contribution in [0.15, 0.2) is 12.1 Å². The lowest BCUT2D eigenvalue weighted by atomic mass is 9.97. The van der Waals surface area contributed by atoms with Crippen LogP contribution in [-0.2, 0) is 0 Å². The Morgan fingerprint density at radius 3 is 2.81 bits per heavy atom. The zero-order chi connectivity index (χ0) is 11.8. The van der Waals surface area contributed by atoms with Gasteiger partial charge in [0.25, 0.3) is 0 Å². The molecule has 1 aliphatic heterocycles. The van der Waals surface area contributed by atoms with Crippen LogP contribution in [0.1, 0.15) is 31.7 Å². The highest BCUT2D eigenvalue weighted by molar-refractivity contribution is 7.16. The second-order valence-corrected chi connectivity index (χ2v) is 6.75. The largest absolute Gasteiger partial charge is 0.314 e. The van der Waals surface area contributed by atoms with Crippen LogP contribution in [0.5, 0.6) is 0 Å². The lowest BCUT2D eigenvalue weighted by Crippen LogP contribution is -2.58. The Morgan fingerprint density at radius 2 is 2.25 bits per heavy atom. The Morgan fingerprint density at radius 1 is 1.50 bits per heavy atom. The van der Waals surface area contributed by atoms with Gasteiger partial charge in [-0.25, -0.2) is 0 Å². The molecule has 1 N–H and O–H groups in total. The number of thiophene rings is 1. The van der Waals surface area contributed by atoms with Gasteiger partial charge < -0.3 is 5.32 Å². The number of nitrogens with zero attached hydrogens (tertiary/aromatic N) is 1. The molecule has 0 amide bonds. The van der Waals surface area contributed by atoms with Crippen LogP contribution in [0.2, 0.25) is 4.34 Å². The van der Waals surface area contributed by atoms with Crippen molar-refractivity contribution in [3.63, 3.8) is 0 Å². The molecule has 4 heteroatoms. The molecule has 0 spiro atoms. The number of nitrogens with one attached hydrogen (secondary N) is 1. The topological polar surface area (TPSA) is 15.3 Å². The van der Waals surface area contributed by atoms with E-state index in [9.17, 15) is 0 Å². The van der Waals surface area contributed by atoms with E-state index in [0.717, 1.165) is 24.0 Å². The quantitative estimate of drug-likeness (QED) is 0.877. The molecule has 90 valence electrons. The van der Waals surface area contributed by atoms with Crippen molar-refractivity contribution in [2.45, 2.75) is 32.4 Å². The first kappa shape index (κ1) is 12.4. The number of rotatable bonds is 2. The smallest absolute Gasteiger partial charge is 0.0931 e. The van der Waals surface area contributed by atoms with Crippen LogP contribution in [0.4, 0.5) is 0 Å². The van der Waals surface area contributed by atoms with Gasteiger partial charge in [-0.1, -0.05) is 11.6 Å². The van der Waals surface area contributed by atoms with Gasteiger partial charge in [-0.05, 0) is 32.9 Å². The third-order valence-electron chi connectivity index (χ3n) is 3.34. The fourth-order valence-electron chi connectivity index (χ4n) is 2.42. The van der Waals surface area contributed by atoms with E-state index >= 15 is 0 Å². The van der Waals surface area contributed by atoms with Gasteiger partial charge in [0.2, 0.25) is 0 Å². The van der Waals surface area contributed by atoms with E-state index in [1.54, 1.807) is 11.3 Å². The predicted molar refractivity (Wildman–Crippen MR) is 71.4 cm³/mol. The highest BCUT2D eigenvalue weighted by atomic mass is 35.5. The van der Waals surface area contributed by atoms with E-state index in [2.05, 4.69) is 37.1 Å². The summed E-state index contributed by atoms with van der Waals surface area (Å²) in [4.78, 5) is 3.92.